The normalized spacial score (nSPS) is 15.8. The Labute approximate surface area is 149 Å². The molecule has 0 saturated carbocycles. The highest BCUT2D eigenvalue weighted by Gasteiger charge is 2.26. The molecule has 0 fully saturated rings. The second kappa shape index (κ2) is 9.15. The molecule has 3 amide bonds. The molecule has 25 heavy (non-hydrogen) atoms. The molecule has 2 N–H and O–H groups in total. The van der Waals surface area contributed by atoms with Crippen molar-refractivity contribution in [1.82, 2.24) is 15.5 Å². The summed E-state index contributed by atoms with van der Waals surface area (Å²) in [6.07, 6.45) is 0.640. The molecule has 7 nitrogen and oxygen atoms in total. The van der Waals surface area contributed by atoms with Crippen LogP contribution in [0, 0.1) is 0 Å². The molecule has 0 bridgehead atoms. The summed E-state index contributed by atoms with van der Waals surface area (Å²) in [5, 5.41) is 5.56. The summed E-state index contributed by atoms with van der Waals surface area (Å²) >= 11 is 0. The van der Waals surface area contributed by atoms with E-state index in [9.17, 15) is 9.59 Å². The van der Waals surface area contributed by atoms with Crippen molar-refractivity contribution in [3.8, 4) is 5.75 Å². The van der Waals surface area contributed by atoms with E-state index in [1.807, 2.05) is 18.2 Å². The number of ether oxygens (including phenoxy) is 1. The van der Waals surface area contributed by atoms with Crippen LogP contribution in [0.4, 0.5) is 10.5 Å². The summed E-state index contributed by atoms with van der Waals surface area (Å²) in [5.41, 5.74) is 1.10. The second-order valence-electron chi connectivity index (χ2n) is 6.20. The van der Waals surface area contributed by atoms with Gasteiger partial charge in [-0.2, -0.15) is 0 Å². The van der Waals surface area contributed by atoms with Gasteiger partial charge in [-0.3, -0.25) is 4.79 Å². The molecule has 1 heterocycles. The first-order valence-corrected chi connectivity index (χ1v) is 8.75. The zero-order valence-corrected chi connectivity index (χ0v) is 15.2. The van der Waals surface area contributed by atoms with E-state index in [-0.39, 0.29) is 18.0 Å². The van der Waals surface area contributed by atoms with E-state index in [0.717, 1.165) is 24.5 Å². The summed E-state index contributed by atoms with van der Waals surface area (Å²) < 4.78 is 6.04. The van der Waals surface area contributed by atoms with E-state index in [0.29, 0.717) is 26.1 Å². The van der Waals surface area contributed by atoms with Crippen LogP contribution in [-0.2, 0) is 4.79 Å². The maximum Gasteiger partial charge on any atom is 0.317 e. The first-order chi connectivity index (χ1) is 12.0. The molecule has 1 atom stereocenters. The van der Waals surface area contributed by atoms with Gasteiger partial charge in [-0.1, -0.05) is 12.1 Å². The van der Waals surface area contributed by atoms with Crippen molar-refractivity contribution in [2.24, 2.45) is 0 Å². The minimum Gasteiger partial charge on any atom is -0.485 e. The third kappa shape index (κ3) is 5.55. The van der Waals surface area contributed by atoms with Gasteiger partial charge in [0.15, 0.2) is 0 Å². The zero-order valence-electron chi connectivity index (χ0n) is 15.2. The van der Waals surface area contributed by atoms with E-state index in [1.54, 1.807) is 11.9 Å². The Kier molecular flexibility index (Phi) is 6.91. The van der Waals surface area contributed by atoms with Crippen LogP contribution >= 0.6 is 0 Å². The number of urea groups is 1. The van der Waals surface area contributed by atoms with Crippen LogP contribution in [0.25, 0.3) is 0 Å². The molecular formula is C18H28N4O3. The molecular weight excluding hydrogens is 320 g/mol. The fourth-order valence-electron chi connectivity index (χ4n) is 2.84. The standard InChI is InChI=1S/C18H28N4O3/c1-4-22-13-15(25-17-9-6-5-8-16(17)22)12-21(3)18(24)20-11-7-10-19-14(2)23/h5-6,8-9,15H,4,7,10-13H2,1-3H3,(H,19,23)(H,20,24). The minimum absolute atomic E-state index is 0.0568. The van der Waals surface area contributed by atoms with Crippen LogP contribution in [0.15, 0.2) is 24.3 Å². The highest BCUT2D eigenvalue weighted by atomic mass is 16.5. The van der Waals surface area contributed by atoms with Crippen LogP contribution in [0.3, 0.4) is 0 Å². The fraction of sp³-hybridized carbons (Fsp3) is 0.556. The molecule has 138 valence electrons. The lowest BCUT2D eigenvalue weighted by Crippen LogP contribution is -2.49. The Morgan fingerprint density at radius 3 is 2.72 bits per heavy atom. The number of nitrogens with one attached hydrogen (secondary N) is 2. The van der Waals surface area contributed by atoms with Gasteiger partial charge in [-0.05, 0) is 25.5 Å². The molecule has 2 rings (SSSR count). The molecule has 1 unspecified atom stereocenters. The van der Waals surface area contributed by atoms with Crippen LogP contribution < -0.4 is 20.3 Å². The predicted octanol–water partition coefficient (Wildman–Crippen LogP) is 1.44. The fourth-order valence-corrected chi connectivity index (χ4v) is 2.84. The van der Waals surface area contributed by atoms with Crippen molar-refractivity contribution in [3.63, 3.8) is 0 Å². The van der Waals surface area contributed by atoms with Crippen molar-refractivity contribution < 1.29 is 14.3 Å². The van der Waals surface area contributed by atoms with Crippen molar-refractivity contribution in [2.45, 2.75) is 26.4 Å². The highest BCUT2D eigenvalue weighted by Crippen LogP contribution is 2.32. The van der Waals surface area contributed by atoms with Crippen molar-refractivity contribution in [1.29, 1.82) is 0 Å². The number of hydrogen-bond donors (Lipinski definition) is 2. The van der Waals surface area contributed by atoms with Crippen LogP contribution in [0.2, 0.25) is 0 Å². The lowest BCUT2D eigenvalue weighted by molar-refractivity contribution is -0.118. The number of nitrogens with zero attached hydrogens (tertiary/aromatic N) is 2. The number of carbonyl (C=O) groups excluding carboxylic acids is 2. The summed E-state index contributed by atoms with van der Waals surface area (Å²) in [6, 6.07) is 7.85. The minimum atomic E-state index is -0.131. The molecule has 0 radical (unpaired) electrons. The highest BCUT2D eigenvalue weighted by molar-refractivity contribution is 5.74. The molecule has 0 spiro atoms. The largest absolute Gasteiger partial charge is 0.485 e. The Hall–Kier alpha value is -2.44. The molecule has 1 aromatic rings. The molecule has 7 heteroatoms. The number of fused-ring (bicyclic) bond motifs is 1. The number of anilines is 1. The zero-order chi connectivity index (χ0) is 18.2. The average molecular weight is 348 g/mol. The monoisotopic (exact) mass is 348 g/mol. The molecule has 1 aliphatic heterocycles. The molecule has 1 aromatic carbocycles. The lowest BCUT2D eigenvalue weighted by Gasteiger charge is -2.37. The third-order valence-corrected chi connectivity index (χ3v) is 4.13. The predicted molar refractivity (Wildman–Crippen MR) is 98.1 cm³/mol. The van der Waals surface area contributed by atoms with Gasteiger partial charge < -0.3 is 25.2 Å². The van der Waals surface area contributed by atoms with Gasteiger partial charge in [0, 0.05) is 33.6 Å². The van der Waals surface area contributed by atoms with E-state index in [1.165, 1.54) is 6.92 Å². The van der Waals surface area contributed by atoms with Gasteiger partial charge in [0.1, 0.15) is 11.9 Å². The van der Waals surface area contributed by atoms with E-state index < -0.39 is 0 Å². The second-order valence-corrected chi connectivity index (χ2v) is 6.20. The first kappa shape index (κ1) is 18.9. The van der Waals surface area contributed by atoms with Crippen molar-refractivity contribution >= 4 is 17.6 Å². The van der Waals surface area contributed by atoms with Gasteiger partial charge in [-0.25, -0.2) is 4.79 Å². The van der Waals surface area contributed by atoms with Gasteiger partial charge in [0.2, 0.25) is 5.91 Å². The number of amides is 3. The number of hydrogen-bond acceptors (Lipinski definition) is 4. The topological polar surface area (TPSA) is 73.9 Å². The molecule has 0 aromatic heterocycles. The molecule has 1 aliphatic rings. The van der Waals surface area contributed by atoms with Crippen LogP contribution in [-0.4, -0.2) is 62.7 Å². The number of benzene rings is 1. The van der Waals surface area contributed by atoms with Crippen molar-refractivity contribution in [2.75, 3.05) is 44.7 Å². The molecule has 0 saturated heterocycles. The van der Waals surface area contributed by atoms with Crippen LogP contribution in [0.5, 0.6) is 5.75 Å². The van der Waals surface area contributed by atoms with Gasteiger partial charge in [-0.15, -0.1) is 0 Å². The SMILES string of the molecule is CCN1CC(CN(C)C(=O)NCCCNC(C)=O)Oc2ccccc21. The summed E-state index contributed by atoms with van der Waals surface area (Å²) in [6.45, 7) is 6.86. The summed E-state index contributed by atoms with van der Waals surface area (Å²) in [7, 11) is 1.77. The number of rotatable bonds is 7. The maximum absolute atomic E-state index is 12.2. The third-order valence-electron chi connectivity index (χ3n) is 4.13. The van der Waals surface area contributed by atoms with E-state index in [4.69, 9.17) is 4.74 Å². The number of carbonyl (C=O) groups is 2. The van der Waals surface area contributed by atoms with Crippen LogP contribution in [0.1, 0.15) is 20.3 Å². The summed E-state index contributed by atoms with van der Waals surface area (Å²) in [5.74, 6) is 0.809. The average Bonchev–Trinajstić information content (AvgIpc) is 2.60. The van der Waals surface area contributed by atoms with Gasteiger partial charge in [0.05, 0.1) is 18.8 Å². The summed E-state index contributed by atoms with van der Waals surface area (Å²) in [4.78, 5) is 26.9. The Morgan fingerprint density at radius 2 is 2.00 bits per heavy atom. The number of likely N-dealkylation sites (N-methyl/N-ethyl adjacent to an activating group) is 2. The molecule has 0 aliphatic carbocycles. The van der Waals surface area contributed by atoms with E-state index in [2.05, 4.69) is 28.5 Å². The van der Waals surface area contributed by atoms with Gasteiger partial charge >= 0.3 is 6.03 Å². The van der Waals surface area contributed by atoms with Gasteiger partial charge in [0.25, 0.3) is 0 Å². The lowest BCUT2D eigenvalue weighted by atomic mass is 10.2. The smallest absolute Gasteiger partial charge is 0.317 e. The maximum atomic E-state index is 12.2. The van der Waals surface area contributed by atoms with Crippen molar-refractivity contribution in [3.05, 3.63) is 24.3 Å². The first-order valence-electron chi connectivity index (χ1n) is 8.75. The Balaban J connectivity index is 1.79. The quantitative estimate of drug-likeness (QED) is 0.732. The Morgan fingerprint density at radius 1 is 1.28 bits per heavy atom. The van der Waals surface area contributed by atoms with E-state index >= 15 is 0 Å². The number of para-hydroxylation sites is 2. The Bertz CT molecular complexity index is 593.